The minimum atomic E-state index is -0.640. The van der Waals surface area contributed by atoms with Crippen LogP contribution in [0.4, 0.5) is 17.1 Å². The van der Waals surface area contributed by atoms with Crippen molar-refractivity contribution in [2.45, 2.75) is 97.0 Å². The maximum atomic E-state index is 12.9. The van der Waals surface area contributed by atoms with Gasteiger partial charge in [0.15, 0.2) is 0 Å². The fourth-order valence-electron chi connectivity index (χ4n) is 5.40. The second-order valence-electron chi connectivity index (χ2n) is 12.1. The molecule has 2 N–H and O–H groups in total. The number of carbonyl (C=O) groups is 3. The average molecular weight is 749 g/mol. The summed E-state index contributed by atoms with van der Waals surface area (Å²) in [7, 11) is 0. The molecule has 0 unspecified atom stereocenters. The van der Waals surface area contributed by atoms with E-state index in [4.69, 9.17) is 51.1 Å². The van der Waals surface area contributed by atoms with E-state index in [0.29, 0.717) is 33.7 Å². The van der Waals surface area contributed by atoms with Gasteiger partial charge in [-0.05, 0) is 54.4 Å². The highest BCUT2D eigenvalue weighted by Gasteiger charge is 2.31. The van der Waals surface area contributed by atoms with E-state index >= 15 is 0 Å². The molecule has 0 radical (unpaired) electrons. The number of ether oxygens (including phenoxy) is 1. The highest BCUT2D eigenvalue weighted by Crippen LogP contribution is 2.37. The molecular formula is C37H42Cl4N4O4. The summed E-state index contributed by atoms with van der Waals surface area (Å²) >= 11 is 25.2. The normalized spacial score (nSPS) is 13.5. The standard InChI is InChI=1S/C37H42Cl4N4O4/c1-2-3-4-5-6-7-8-9-10-11-12-13-34(46)42-28-17-14-25(15-18-28)24-49-37(48)26-20-30(40)36(31(41)21-26)45-35(47)23-33(44-45)43-32-22-27(38)16-19-29(32)39/h14-22H,2-13,23-24H2,1H3,(H,42,46)(H,43,44). The van der Waals surface area contributed by atoms with Gasteiger partial charge in [-0.15, -0.1) is 0 Å². The molecule has 1 aliphatic heterocycles. The minimum Gasteiger partial charge on any atom is -0.457 e. The molecule has 262 valence electrons. The van der Waals surface area contributed by atoms with Gasteiger partial charge in [0, 0.05) is 17.1 Å². The van der Waals surface area contributed by atoms with Crippen LogP contribution in [-0.2, 0) is 20.9 Å². The number of aliphatic imine (C=N–C) groups is 1. The first kappa shape index (κ1) is 38.5. The Morgan fingerprint density at radius 1 is 0.816 bits per heavy atom. The van der Waals surface area contributed by atoms with Gasteiger partial charge in [-0.25, -0.2) is 14.8 Å². The van der Waals surface area contributed by atoms with Gasteiger partial charge >= 0.3 is 5.97 Å². The first-order valence-corrected chi connectivity index (χ1v) is 18.3. The number of hydrogen-bond donors (Lipinski definition) is 2. The first-order chi connectivity index (χ1) is 23.6. The topological polar surface area (TPSA) is 100 Å². The van der Waals surface area contributed by atoms with Crippen molar-refractivity contribution in [2.24, 2.45) is 4.99 Å². The van der Waals surface area contributed by atoms with E-state index in [0.717, 1.165) is 18.4 Å². The SMILES string of the molecule is CCCCCCCCCCCCCC(=O)Nc1ccc(COC(=O)c2cc(Cl)c(N3NC(=Nc4cc(Cl)ccc4Cl)CC3=O)c(Cl)c2)cc1. The summed E-state index contributed by atoms with van der Waals surface area (Å²) in [5.74, 6) is -0.685. The van der Waals surface area contributed by atoms with Gasteiger partial charge in [0.25, 0.3) is 5.91 Å². The number of nitrogens with one attached hydrogen (secondary N) is 2. The minimum absolute atomic E-state index is 0.000835. The molecule has 1 saturated heterocycles. The van der Waals surface area contributed by atoms with E-state index in [9.17, 15) is 14.4 Å². The molecule has 8 nitrogen and oxygen atoms in total. The number of esters is 1. The van der Waals surface area contributed by atoms with E-state index in [-0.39, 0.29) is 46.1 Å². The molecular weight excluding hydrogens is 706 g/mol. The molecule has 3 aromatic carbocycles. The Labute approximate surface area is 308 Å². The number of rotatable bonds is 18. The molecule has 0 bridgehead atoms. The Morgan fingerprint density at radius 3 is 2.06 bits per heavy atom. The van der Waals surface area contributed by atoms with Crippen LogP contribution in [-0.4, -0.2) is 23.6 Å². The molecule has 0 aromatic heterocycles. The number of hydrazine groups is 1. The lowest BCUT2D eigenvalue weighted by Crippen LogP contribution is -2.36. The maximum absolute atomic E-state index is 12.9. The lowest BCUT2D eigenvalue weighted by Gasteiger charge is -2.19. The van der Waals surface area contributed by atoms with Crippen LogP contribution < -0.4 is 15.8 Å². The van der Waals surface area contributed by atoms with Gasteiger partial charge in [-0.1, -0.05) is 130 Å². The number of amidine groups is 1. The van der Waals surface area contributed by atoms with E-state index in [1.807, 2.05) is 0 Å². The van der Waals surface area contributed by atoms with Crippen molar-refractivity contribution >= 4 is 87.1 Å². The Hall–Kier alpha value is -3.30. The molecule has 3 aromatic rings. The Balaban J connectivity index is 1.20. The molecule has 0 atom stereocenters. The first-order valence-electron chi connectivity index (χ1n) is 16.8. The Kier molecular flexibility index (Phi) is 15.5. The molecule has 0 aliphatic carbocycles. The highest BCUT2D eigenvalue weighted by molar-refractivity contribution is 6.41. The van der Waals surface area contributed by atoms with E-state index in [1.54, 1.807) is 42.5 Å². The van der Waals surface area contributed by atoms with Crippen LogP contribution in [0, 0.1) is 0 Å². The van der Waals surface area contributed by atoms with Gasteiger partial charge in [0.1, 0.15) is 18.1 Å². The zero-order chi connectivity index (χ0) is 35.2. The van der Waals surface area contributed by atoms with E-state index in [1.165, 1.54) is 74.9 Å². The van der Waals surface area contributed by atoms with Crippen molar-refractivity contribution in [3.05, 3.63) is 85.8 Å². The van der Waals surface area contributed by atoms with Crippen LogP contribution in [0.3, 0.4) is 0 Å². The fraction of sp³-hybridized carbons (Fsp3) is 0.405. The van der Waals surface area contributed by atoms with Crippen LogP contribution >= 0.6 is 46.4 Å². The third-order valence-electron chi connectivity index (χ3n) is 8.06. The number of anilines is 2. The van der Waals surface area contributed by atoms with E-state index < -0.39 is 5.97 Å². The molecule has 49 heavy (non-hydrogen) atoms. The largest absolute Gasteiger partial charge is 0.457 e. The molecule has 4 rings (SSSR count). The number of benzene rings is 3. The van der Waals surface area contributed by atoms with Crippen molar-refractivity contribution in [1.82, 2.24) is 5.43 Å². The molecule has 1 aliphatic rings. The molecule has 0 saturated carbocycles. The molecule has 1 fully saturated rings. The van der Waals surface area contributed by atoms with E-state index in [2.05, 4.69) is 22.7 Å². The van der Waals surface area contributed by atoms with Crippen molar-refractivity contribution in [2.75, 3.05) is 10.3 Å². The monoisotopic (exact) mass is 746 g/mol. The summed E-state index contributed by atoms with van der Waals surface area (Å²) in [6.45, 7) is 2.24. The van der Waals surface area contributed by atoms with Crippen molar-refractivity contribution in [3.63, 3.8) is 0 Å². The maximum Gasteiger partial charge on any atom is 0.338 e. The van der Waals surface area contributed by atoms with Crippen LogP contribution in [0.2, 0.25) is 20.1 Å². The van der Waals surface area contributed by atoms with Crippen LogP contribution in [0.15, 0.2) is 59.6 Å². The number of hydrogen-bond acceptors (Lipinski definition) is 5. The fourth-order valence-corrected chi connectivity index (χ4v) is 6.38. The number of carbonyl (C=O) groups excluding carboxylic acids is 3. The average Bonchev–Trinajstić information content (AvgIpc) is 3.43. The van der Waals surface area contributed by atoms with Gasteiger partial charge < -0.3 is 10.1 Å². The number of amides is 2. The lowest BCUT2D eigenvalue weighted by atomic mass is 10.1. The summed E-state index contributed by atoms with van der Waals surface area (Å²) < 4.78 is 5.48. The van der Waals surface area contributed by atoms with Crippen LogP contribution in [0.1, 0.15) is 106 Å². The van der Waals surface area contributed by atoms with Crippen LogP contribution in [0.5, 0.6) is 0 Å². The quantitative estimate of drug-likeness (QED) is 0.0996. The van der Waals surface area contributed by atoms with Crippen LogP contribution in [0.25, 0.3) is 0 Å². The van der Waals surface area contributed by atoms with Crippen molar-refractivity contribution in [3.8, 4) is 0 Å². The van der Waals surface area contributed by atoms with Crippen molar-refractivity contribution in [1.29, 1.82) is 0 Å². The smallest absolute Gasteiger partial charge is 0.338 e. The van der Waals surface area contributed by atoms with Crippen molar-refractivity contribution < 1.29 is 19.1 Å². The van der Waals surface area contributed by atoms with Gasteiger partial charge in [0.2, 0.25) is 5.91 Å². The third kappa shape index (κ3) is 12.2. The molecule has 12 heteroatoms. The summed E-state index contributed by atoms with van der Waals surface area (Å²) in [5.41, 5.74) is 5.01. The Bertz CT molecular complexity index is 1610. The summed E-state index contributed by atoms with van der Waals surface area (Å²) in [6.07, 6.45) is 14.1. The number of halogens is 4. The Morgan fingerprint density at radius 2 is 1.43 bits per heavy atom. The third-order valence-corrected chi connectivity index (χ3v) is 9.19. The highest BCUT2D eigenvalue weighted by atomic mass is 35.5. The van der Waals surface area contributed by atoms with Gasteiger partial charge in [0.05, 0.1) is 32.7 Å². The second-order valence-corrected chi connectivity index (χ2v) is 13.7. The molecule has 2 amide bonds. The number of nitrogens with zero attached hydrogens (tertiary/aromatic N) is 2. The summed E-state index contributed by atoms with van der Waals surface area (Å²) in [4.78, 5) is 42.5. The number of unbranched alkanes of at least 4 members (excludes halogenated alkanes) is 10. The lowest BCUT2D eigenvalue weighted by molar-refractivity contribution is -0.117. The molecule has 1 heterocycles. The zero-order valence-electron chi connectivity index (χ0n) is 27.6. The molecule has 0 spiro atoms. The van der Waals surface area contributed by atoms with Gasteiger partial charge in [-0.2, -0.15) is 0 Å². The second kappa shape index (κ2) is 19.8. The zero-order valence-corrected chi connectivity index (χ0v) is 30.7. The van der Waals surface area contributed by atoms with Gasteiger partial charge in [-0.3, -0.25) is 15.0 Å². The predicted octanol–water partition coefficient (Wildman–Crippen LogP) is 11.3. The predicted molar refractivity (Wildman–Crippen MR) is 201 cm³/mol. The summed E-state index contributed by atoms with van der Waals surface area (Å²) in [6, 6.07) is 14.7. The summed E-state index contributed by atoms with van der Waals surface area (Å²) in [5, 5.41) is 5.06.